The van der Waals surface area contributed by atoms with E-state index in [2.05, 4.69) is 26.1 Å². The molecule has 1 saturated carbocycles. The highest BCUT2D eigenvalue weighted by atomic mass is 16.1. The molecule has 2 aromatic rings. The molecule has 1 N–H and O–H groups in total. The molecule has 114 valence electrons. The minimum absolute atomic E-state index is 0.0191. The summed E-state index contributed by atoms with van der Waals surface area (Å²) >= 11 is 0. The number of benzene rings is 1. The van der Waals surface area contributed by atoms with E-state index in [0.717, 1.165) is 24.3 Å². The van der Waals surface area contributed by atoms with E-state index in [0.29, 0.717) is 12.6 Å². The molecule has 0 radical (unpaired) electrons. The smallest absolute Gasteiger partial charge is 0.253 e. The highest BCUT2D eigenvalue weighted by molar-refractivity contribution is 6.00. The summed E-state index contributed by atoms with van der Waals surface area (Å²) in [7, 11) is 0. The second kappa shape index (κ2) is 5.48. The number of rotatable bonds is 3. The Morgan fingerprint density at radius 2 is 2.09 bits per heavy atom. The zero-order chi connectivity index (χ0) is 14.9. The molecule has 1 aromatic carbocycles. The van der Waals surface area contributed by atoms with Gasteiger partial charge in [-0.1, -0.05) is 12.1 Å². The Balaban J connectivity index is 1.64. The SMILES string of the molecule is O=C1NCCN(Cc2ccnn2C2CCC2)c2ccccc21. The van der Waals surface area contributed by atoms with E-state index in [-0.39, 0.29) is 5.91 Å². The quantitative estimate of drug-likeness (QED) is 0.946. The van der Waals surface area contributed by atoms with E-state index in [4.69, 9.17) is 0 Å². The van der Waals surface area contributed by atoms with Crippen LogP contribution in [0.5, 0.6) is 0 Å². The second-order valence-electron chi connectivity index (χ2n) is 6.05. The number of nitrogens with zero attached hydrogens (tertiary/aromatic N) is 3. The number of hydrogen-bond acceptors (Lipinski definition) is 3. The molecule has 1 fully saturated rings. The van der Waals surface area contributed by atoms with Crippen LogP contribution in [-0.4, -0.2) is 28.8 Å². The standard InChI is InChI=1S/C17H20N4O/c22-17-15-6-1-2-7-16(15)20(11-10-18-17)12-14-8-9-19-21(14)13-4-3-5-13/h1-2,6-9,13H,3-5,10-12H2,(H,18,22). The Morgan fingerprint density at radius 3 is 2.91 bits per heavy atom. The van der Waals surface area contributed by atoms with Gasteiger partial charge in [-0.25, -0.2) is 0 Å². The van der Waals surface area contributed by atoms with Crippen LogP contribution < -0.4 is 10.2 Å². The lowest BCUT2D eigenvalue weighted by Crippen LogP contribution is -2.31. The van der Waals surface area contributed by atoms with Crippen molar-refractivity contribution in [2.75, 3.05) is 18.0 Å². The highest BCUT2D eigenvalue weighted by Crippen LogP contribution is 2.32. The molecule has 0 bridgehead atoms. The third-order valence-corrected chi connectivity index (χ3v) is 4.68. The number of nitrogens with one attached hydrogen (secondary N) is 1. The van der Waals surface area contributed by atoms with E-state index in [1.54, 1.807) is 0 Å². The Morgan fingerprint density at radius 1 is 1.23 bits per heavy atom. The summed E-state index contributed by atoms with van der Waals surface area (Å²) in [5, 5.41) is 7.47. The first kappa shape index (κ1) is 13.4. The van der Waals surface area contributed by atoms with E-state index in [1.165, 1.54) is 25.0 Å². The number of amides is 1. The average molecular weight is 296 g/mol. The molecule has 0 saturated heterocycles. The predicted molar refractivity (Wildman–Crippen MR) is 84.9 cm³/mol. The van der Waals surface area contributed by atoms with Crippen molar-refractivity contribution in [3.05, 3.63) is 47.8 Å². The van der Waals surface area contributed by atoms with Crippen molar-refractivity contribution >= 4 is 11.6 Å². The summed E-state index contributed by atoms with van der Waals surface area (Å²) in [6.45, 7) is 2.28. The monoisotopic (exact) mass is 296 g/mol. The maximum Gasteiger partial charge on any atom is 0.253 e. The van der Waals surface area contributed by atoms with Gasteiger partial charge in [-0.2, -0.15) is 5.10 Å². The maximum absolute atomic E-state index is 12.1. The van der Waals surface area contributed by atoms with Gasteiger partial charge < -0.3 is 10.2 Å². The van der Waals surface area contributed by atoms with Gasteiger partial charge in [0.15, 0.2) is 0 Å². The summed E-state index contributed by atoms with van der Waals surface area (Å²) in [4.78, 5) is 14.4. The third kappa shape index (κ3) is 2.26. The van der Waals surface area contributed by atoms with E-state index in [1.807, 2.05) is 30.5 Å². The summed E-state index contributed by atoms with van der Waals surface area (Å²) in [6, 6.07) is 10.5. The Hall–Kier alpha value is -2.30. The number of aromatic nitrogens is 2. The average Bonchev–Trinajstić information content (AvgIpc) is 2.85. The zero-order valence-corrected chi connectivity index (χ0v) is 12.5. The zero-order valence-electron chi connectivity index (χ0n) is 12.5. The molecule has 1 amide bonds. The van der Waals surface area contributed by atoms with Crippen molar-refractivity contribution in [1.82, 2.24) is 15.1 Å². The van der Waals surface area contributed by atoms with Crippen molar-refractivity contribution in [2.24, 2.45) is 0 Å². The fraction of sp³-hybridized carbons (Fsp3) is 0.412. The lowest BCUT2D eigenvalue weighted by atomic mass is 9.93. The van der Waals surface area contributed by atoms with Crippen LogP contribution in [0.3, 0.4) is 0 Å². The first-order chi connectivity index (χ1) is 10.8. The minimum atomic E-state index is 0.0191. The number of para-hydroxylation sites is 1. The fourth-order valence-electron chi connectivity index (χ4n) is 3.25. The predicted octanol–water partition coefficient (Wildman–Crippen LogP) is 2.36. The highest BCUT2D eigenvalue weighted by Gasteiger charge is 2.25. The van der Waals surface area contributed by atoms with Crippen molar-refractivity contribution in [1.29, 1.82) is 0 Å². The summed E-state index contributed by atoms with van der Waals surface area (Å²) in [5.74, 6) is 0.0191. The van der Waals surface area contributed by atoms with Crippen molar-refractivity contribution in [3.8, 4) is 0 Å². The lowest BCUT2D eigenvalue weighted by Gasteiger charge is -2.30. The van der Waals surface area contributed by atoms with Crippen molar-refractivity contribution in [2.45, 2.75) is 31.8 Å². The van der Waals surface area contributed by atoms with Crippen LogP contribution in [0.2, 0.25) is 0 Å². The molecule has 4 rings (SSSR count). The van der Waals surface area contributed by atoms with Crippen LogP contribution in [0.4, 0.5) is 5.69 Å². The molecule has 22 heavy (non-hydrogen) atoms. The molecule has 2 heterocycles. The van der Waals surface area contributed by atoms with E-state index >= 15 is 0 Å². The fourth-order valence-corrected chi connectivity index (χ4v) is 3.25. The number of anilines is 1. The molecule has 1 aliphatic heterocycles. The number of fused-ring (bicyclic) bond motifs is 1. The van der Waals surface area contributed by atoms with Crippen LogP contribution >= 0.6 is 0 Å². The second-order valence-corrected chi connectivity index (χ2v) is 6.05. The Labute approximate surface area is 129 Å². The van der Waals surface area contributed by atoms with Gasteiger partial charge in [-0.05, 0) is 37.5 Å². The molecule has 0 atom stereocenters. The molecule has 5 heteroatoms. The van der Waals surface area contributed by atoms with Gasteiger partial charge in [-0.15, -0.1) is 0 Å². The lowest BCUT2D eigenvalue weighted by molar-refractivity contribution is 0.0958. The minimum Gasteiger partial charge on any atom is -0.363 e. The van der Waals surface area contributed by atoms with Gasteiger partial charge in [-0.3, -0.25) is 9.48 Å². The Kier molecular flexibility index (Phi) is 3.33. The normalized spacial score (nSPS) is 18.4. The molecule has 1 aliphatic carbocycles. The van der Waals surface area contributed by atoms with Gasteiger partial charge in [0.25, 0.3) is 5.91 Å². The van der Waals surface area contributed by atoms with E-state index < -0.39 is 0 Å². The number of carbonyl (C=O) groups is 1. The molecule has 2 aliphatic rings. The summed E-state index contributed by atoms with van der Waals surface area (Å²) in [6.07, 6.45) is 5.65. The molecule has 0 spiro atoms. The first-order valence-corrected chi connectivity index (χ1v) is 7.97. The van der Waals surface area contributed by atoms with Crippen LogP contribution in [0.1, 0.15) is 41.4 Å². The third-order valence-electron chi connectivity index (χ3n) is 4.68. The van der Waals surface area contributed by atoms with Gasteiger partial charge in [0.05, 0.1) is 23.8 Å². The van der Waals surface area contributed by atoms with Crippen LogP contribution in [0.15, 0.2) is 36.5 Å². The molecular weight excluding hydrogens is 276 g/mol. The molecule has 1 aromatic heterocycles. The largest absolute Gasteiger partial charge is 0.363 e. The van der Waals surface area contributed by atoms with Gasteiger partial charge in [0.2, 0.25) is 0 Å². The van der Waals surface area contributed by atoms with Crippen molar-refractivity contribution in [3.63, 3.8) is 0 Å². The topological polar surface area (TPSA) is 50.2 Å². The molecule has 0 unspecified atom stereocenters. The Bertz CT molecular complexity index is 689. The van der Waals surface area contributed by atoms with Crippen LogP contribution in [0.25, 0.3) is 0 Å². The van der Waals surface area contributed by atoms with Crippen LogP contribution in [-0.2, 0) is 6.54 Å². The maximum atomic E-state index is 12.1. The number of hydrogen-bond donors (Lipinski definition) is 1. The van der Waals surface area contributed by atoms with Crippen LogP contribution in [0, 0.1) is 0 Å². The number of carbonyl (C=O) groups excluding carboxylic acids is 1. The van der Waals surface area contributed by atoms with Gasteiger partial charge in [0.1, 0.15) is 0 Å². The van der Waals surface area contributed by atoms with Gasteiger partial charge >= 0.3 is 0 Å². The molecule has 5 nitrogen and oxygen atoms in total. The van der Waals surface area contributed by atoms with Gasteiger partial charge in [0, 0.05) is 25.0 Å². The summed E-state index contributed by atoms with van der Waals surface area (Å²) in [5.41, 5.74) is 3.00. The first-order valence-electron chi connectivity index (χ1n) is 7.97. The summed E-state index contributed by atoms with van der Waals surface area (Å²) < 4.78 is 2.17. The molecular formula is C17H20N4O. The van der Waals surface area contributed by atoms with Crippen molar-refractivity contribution < 1.29 is 4.79 Å². The van der Waals surface area contributed by atoms with E-state index in [9.17, 15) is 4.79 Å².